The van der Waals surface area contributed by atoms with Gasteiger partial charge in [-0.2, -0.15) is 4.98 Å². The van der Waals surface area contributed by atoms with Crippen LogP contribution in [0.1, 0.15) is 13.8 Å². The van der Waals surface area contributed by atoms with E-state index < -0.39 is 0 Å². The van der Waals surface area contributed by atoms with Gasteiger partial charge in [0.2, 0.25) is 0 Å². The molecule has 0 saturated carbocycles. The Hall–Kier alpha value is -2.59. The second-order valence-electron chi connectivity index (χ2n) is 5.23. The summed E-state index contributed by atoms with van der Waals surface area (Å²) in [6, 6.07) is 21.0. The lowest BCUT2D eigenvalue weighted by Gasteiger charge is -2.03. The summed E-state index contributed by atoms with van der Waals surface area (Å²) < 4.78 is 5.94. The second kappa shape index (κ2) is 6.91. The Labute approximate surface area is 130 Å². The van der Waals surface area contributed by atoms with E-state index in [4.69, 9.17) is 4.42 Å². The lowest BCUT2D eigenvalue weighted by Crippen LogP contribution is -2.09. The molecule has 0 atom stereocenters. The minimum Gasteiger partial charge on any atom is -0.423 e. The molecule has 0 radical (unpaired) electrons. The van der Waals surface area contributed by atoms with Crippen LogP contribution >= 0.6 is 0 Å². The van der Waals surface area contributed by atoms with Gasteiger partial charge in [0.05, 0.1) is 0 Å². The van der Waals surface area contributed by atoms with Gasteiger partial charge in [0.25, 0.3) is 6.01 Å². The van der Waals surface area contributed by atoms with E-state index in [1.807, 2.05) is 60.7 Å². The average Bonchev–Trinajstić information content (AvgIpc) is 2.92. The molecule has 114 valence electrons. The van der Waals surface area contributed by atoms with Gasteiger partial charge in [0.15, 0.2) is 5.76 Å². The van der Waals surface area contributed by atoms with Crippen molar-refractivity contribution in [2.24, 2.45) is 0 Å². The fourth-order valence-electron chi connectivity index (χ4n) is 2.21. The summed E-state index contributed by atoms with van der Waals surface area (Å²) in [5, 5.41) is 3.23. The summed E-state index contributed by atoms with van der Waals surface area (Å²) in [5.74, 6) is 0.796. The van der Waals surface area contributed by atoms with Gasteiger partial charge < -0.3 is 15.2 Å². The van der Waals surface area contributed by atoms with Crippen molar-refractivity contribution in [3.8, 4) is 22.6 Å². The van der Waals surface area contributed by atoms with E-state index >= 15 is 0 Å². The Morgan fingerprint density at radius 3 is 1.95 bits per heavy atom. The van der Waals surface area contributed by atoms with Crippen LogP contribution < -0.4 is 5.32 Å². The Morgan fingerprint density at radius 2 is 1.41 bits per heavy atom. The molecule has 0 unspecified atom stereocenters. The van der Waals surface area contributed by atoms with E-state index in [0.717, 1.165) is 22.6 Å². The molecule has 0 aliphatic heterocycles. The molecule has 0 bridgehead atoms. The number of oxazole rings is 1. The first-order valence-corrected chi connectivity index (χ1v) is 7.12. The van der Waals surface area contributed by atoms with Crippen LogP contribution in [0.25, 0.3) is 22.6 Å². The standard InChI is InChI=1S/C18H18N2O.H2O/c1-13(2)19-18-20-16(14-9-5-3-6-10-14)17(21-18)15-11-7-4-8-12-15;/h3-13H,1-2H3,(H,19,20);1H2. The minimum absolute atomic E-state index is 0. The number of rotatable bonds is 4. The van der Waals surface area contributed by atoms with E-state index in [1.54, 1.807) is 0 Å². The monoisotopic (exact) mass is 296 g/mol. The van der Waals surface area contributed by atoms with Gasteiger partial charge >= 0.3 is 0 Å². The van der Waals surface area contributed by atoms with Crippen molar-refractivity contribution in [1.82, 2.24) is 4.98 Å². The molecule has 0 aliphatic rings. The number of nitrogens with one attached hydrogen (secondary N) is 1. The van der Waals surface area contributed by atoms with Gasteiger partial charge in [0.1, 0.15) is 5.69 Å². The van der Waals surface area contributed by atoms with Crippen LogP contribution in [-0.4, -0.2) is 16.5 Å². The van der Waals surface area contributed by atoms with E-state index in [0.29, 0.717) is 6.01 Å². The van der Waals surface area contributed by atoms with Crippen molar-refractivity contribution >= 4 is 6.01 Å². The zero-order valence-corrected chi connectivity index (χ0v) is 12.7. The summed E-state index contributed by atoms with van der Waals surface area (Å²) in [7, 11) is 0. The van der Waals surface area contributed by atoms with E-state index in [9.17, 15) is 0 Å². The normalized spacial score (nSPS) is 10.3. The summed E-state index contributed by atoms with van der Waals surface area (Å²) in [4.78, 5) is 4.62. The third-order valence-corrected chi connectivity index (χ3v) is 3.12. The number of aromatic nitrogens is 1. The van der Waals surface area contributed by atoms with Crippen LogP contribution in [0.5, 0.6) is 0 Å². The maximum atomic E-state index is 5.94. The number of hydrogen-bond donors (Lipinski definition) is 1. The number of anilines is 1. The molecule has 4 nitrogen and oxygen atoms in total. The highest BCUT2D eigenvalue weighted by Gasteiger charge is 2.16. The van der Waals surface area contributed by atoms with Gasteiger partial charge in [0, 0.05) is 17.2 Å². The van der Waals surface area contributed by atoms with Crippen LogP contribution in [0.4, 0.5) is 6.01 Å². The lowest BCUT2D eigenvalue weighted by molar-refractivity contribution is 0.578. The Kier molecular flexibility index (Phi) is 4.96. The SMILES string of the molecule is CC(C)Nc1nc(-c2ccccc2)c(-c2ccccc2)o1.O. The molecule has 2 aromatic carbocycles. The molecule has 3 aromatic rings. The van der Waals surface area contributed by atoms with Gasteiger partial charge in [-0.3, -0.25) is 0 Å². The molecule has 0 amide bonds. The predicted molar refractivity (Wildman–Crippen MR) is 89.7 cm³/mol. The molecule has 0 aliphatic carbocycles. The topological polar surface area (TPSA) is 69.6 Å². The molecular weight excluding hydrogens is 276 g/mol. The molecule has 0 fully saturated rings. The zero-order valence-electron chi connectivity index (χ0n) is 12.7. The number of benzene rings is 2. The van der Waals surface area contributed by atoms with Crippen LogP contribution in [0.3, 0.4) is 0 Å². The van der Waals surface area contributed by atoms with Crippen LogP contribution in [0.2, 0.25) is 0 Å². The van der Waals surface area contributed by atoms with Crippen molar-refractivity contribution in [3.63, 3.8) is 0 Å². The van der Waals surface area contributed by atoms with Crippen LogP contribution in [0.15, 0.2) is 65.1 Å². The predicted octanol–water partition coefficient (Wildman–Crippen LogP) is 4.00. The Bertz CT molecular complexity index is 649. The highest BCUT2D eigenvalue weighted by molar-refractivity contribution is 5.77. The second-order valence-corrected chi connectivity index (χ2v) is 5.23. The number of hydrogen-bond acceptors (Lipinski definition) is 3. The first-order valence-electron chi connectivity index (χ1n) is 7.12. The number of nitrogens with zero attached hydrogens (tertiary/aromatic N) is 1. The van der Waals surface area contributed by atoms with Crippen molar-refractivity contribution in [2.75, 3.05) is 5.32 Å². The van der Waals surface area contributed by atoms with Crippen molar-refractivity contribution in [3.05, 3.63) is 60.7 Å². The molecule has 22 heavy (non-hydrogen) atoms. The summed E-state index contributed by atoms with van der Waals surface area (Å²) in [6.45, 7) is 4.13. The molecule has 0 spiro atoms. The van der Waals surface area contributed by atoms with E-state index in [-0.39, 0.29) is 11.5 Å². The molecule has 1 aromatic heterocycles. The van der Waals surface area contributed by atoms with E-state index in [2.05, 4.69) is 24.1 Å². The van der Waals surface area contributed by atoms with Gasteiger partial charge in [-0.25, -0.2) is 0 Å². The van der Waals surface area contributed by atoms with Gasteiger partial charge in [-0.05, 0) is 13.8 Å². The molecule has 1 heterocycles. The smallest absolute Gasteiger partial charge is 0.295 e. The van der Waals surface area contributed by atoms with Crippen molar-refractivity contribution in [1.29, 1.82) is 0 Å². The maximum absolute atomic E-state index is 5.94. The fourth-order valence-corrected chi connectivity index (χ4v) is 2.21. The fraction of sp³-hybridized carbons (Fsp3) is 0.167. The average molecular weight is 296 g/mol. The van der Waals surface area contributed by atoms with Crippen molar-refractivity contribution < 1.29 is 9.89 Å². The van der Waals surface area contributed by atoms with Crippen LogP contribution in [0, 0.1) is 0 Å². The highest BCUT2D eigenvalue weighted by Crippen LogP contribution is 2.34. The van der Waals surface area contributed by atoms with E-state index in [1.165, 1.54) is 0 Å². The summed E-state index contributed by atoms with van der Waals surface area (Å²) in [6.07, 6.45) is 0. The molecular formula is C18H20N2O2. The summed E-state index contributed by atoms with van der Waals surface area (Å²) in [5.41, 5.74) is 2.95. The molecule has 4 heteroatoms. The third kappa shape index (κ3) is 3.35. The lowest BCUT2D eigenvalue weighted by atomic mass is 10.1. The quantitative estimate of drug-likeness (QED) is 0.791. The molecule has 0 saturated heterocycles. The third-order valence-electron chi connectivity index (χ3n) is 3.12. The molecule has 3 rings (SSSR count). The summed E-state index contributed by atoms with van der Waals surface area (Å²) >= 11 is 0. The minimum atomic E-state index is 0. The van der Waals surface area contributed by atoms with Gasteiger partial charge in [-0.1, -0.05) is 60.7 Å². The van der Waals surface area contributed by atoms with Crippen molar-refractivity contribution in [2.45, 2.75) is 19.9 Å². The highest BCUT2D eigenvalue weighted by atomic mass is 16.4. The largest absolute Gasteiger partial charge is 0.423 e. The first kappa shape index (κ1) is 15.8. The Morgan fingerprint density at radius 1 is 0.864 bits per heavy atom. The Balaban J connectivity index is 0.00000176. The van der Waals surface area contributed by atoms with Crippen LogP contribution in [-0.2, 0) is 0 Å². The first-order chi connectivity index (χ1) is 10.2. The molecule has 3 N–H and O–H groups in total. The zero-order chi connectivity index (χ0) is 14.7. The van der Waals surface area contributed by atoms with Gasteiger partial charge in [-0.15, -0.1) is 0 Å². The maximum Gasteiger partial charge on any atom is 0.295 e.